The van der Waals surface area contributed by atoms with Gasteiger partial charge in [-0.05, 0) is 37.7 Å². The first-order valence-corrected chi connectivity index (χ1v) is 9.13. The van der Waals surface area contributed by atoms with Crippen LogP contribution in [0.25, 0.3) is 0 Å². The SMILES string of the molecule is COC[C@H](C)NC(=S)N/N=C\c1c(C)nn(Cc2ccccc2Cl)c1Cl. The van der Waals surface area contributed by atoms with E-state index in [1.54, 1.807) is 18.0 Å². The molecule has 140 valence electrons. The molecule has 0 radical (unpaired) electrons. The smallest absolute Gasteiger partial charge is 0.187 e. The van der Waals surface area contributed by atoms with Crippen molar-refractivity contribution in [3.8, 4) is 0 Å². The maximum atomic E-state index is 6.45. The van der Waals surface area contributed by atoms with Gasteiger partial charge in [0.2, 0.25) is 0 Å². The fourth-order valence-electron chi connectivity index (χ4n) is 2.31. The van der Waals surface area contributed by atoms with Gasteiger partial charge in [0.15, 0.2) is 5.11 Å². The molecule has 0 saturated heterocycles. The molecular formula is C17H21Cl2N5OS. The van der Waals surface area contributed by atoms with E-state index >= 15 is 0 Å². The third-order valence-corrected chi connectivity index (χ3v) is 4.52. The zero-order chi connectivity index (χ0) is 19.1. The molecule has 9 heteroatoms. The van der Waals surface area contributed by atoms with Crippen molar-refractivity contribution in [2.24, 2.45) is 5.10 Å². The van der Waals surface area contributed by atoms with E-state index in [-0.39, 0.29) is 6.04 Å². The number of nitrogens with one attached hydrogen (secondary N) is 2. The fraction of sp³-hybridized carbons (Fsp3) is 0.353. The Balaban J connectivity index is 2.03. The van der Waals surface area contributed by atoms with E-state index in [1.807, 2.05) is 38.1 Å². The van der Waals surface area contributed by atoms with Gasteiger partial charge in [-0.25, -0.2) is 4.68 Å². The molecule has 0 bridgehead atoms. The van der Waals surface area contributed by atoms with Crippen LogP contribution in [0, 0.1) is 6.92 Å². The Hall–Kier alpha value is -1.67. The Kier molecular flexibility index (Phi) is 7.84. The number of benzene rings is 1. The minimum atomic E-state index is 0.0823. The summed E-state index contributed by atoms with van der Waals surface area (Å²) in [6.45, 7) is 4.86. The highest BCUT2D eigenvalue weighted by atomic mass is 35.5. The number of hydrogen-bond donors (Lipinski definition) is 2. The van der Waals surface area contributed by atoms with E-state index in [0.717, 1.165) is 16.8 Å². The minimum Gasteiger partial charge on any atom is -0.383 e. The molecule has 0 aliphatic heterocycles. The van der Waals surface area contributed by atoms with Gasteiger partial charge in [0.05, 0.1) is 30.6 Å². The summed E-state index contributed by atoms with van der Waals surface area (Å²) in [5.41, 5.74) is 5.19. The molecule has 0 aliphatic carbocycles. The Bertz CT molecular complexity index is 793. The fourth-order valence-corrected chi connectivity index (χ4v) is 3.04. The molecule has 0 spiro atoms. The van der Waals surface area contributed by atoms with Gasteiger partial charge < -0.3 is 10.1 Å². The monoisotopic (exact) mass is 413 g/mol. The first-order chi connectivity index (χ1) is 12.4. The number of hydrogen-bond acceptors (Lipinski definition) is 4. The number of ether oxygens (including phenoxy) is 1. The van der Waals surface area contributed by atoms with Crippen molar-refractivity contribution in [1.82, 2.24) is 20.5 Å². The van der Waals surface area contributed by atoms with E-state index in [4.69, 9.17) is 40.2 Å². The van der Waals surface area contributed by atoms with Crippen LogP contribution in [-0.2, 0) is 11.3 Å². The van der Waals surface area contributed by atoms with Crippen molar-refractivity contribution in [1.29, 1.82) is 0 Å². The van der Waals surface area contributed by atoms with Crippen molar-refractivity contribution < 1.29 is 4.74 Å². The molecule has 0 amide bonds. The zero-order valence-corrected chi connectivity index (χ0v) is 17.1. The van der Waals surface area contributed by atoms with Gasteiger partial charge in [-0.1, -0.05) is 41.4 Å². The van der Waals surface area contributed by atoms with E-state index in [0.29, 0.717) is 28.4 Å². The van der Waals surface area contributed by atoms with Crippen molar-refractivity contribution in [2.45, 2.75) is 26.4 Å². The molecule has 6 nitrogen and oxygen atoms in total. The van der Waals surface area contributed by atoms with Gasteiger partial charge >= 0.3 is 0 Å². The van der Waals surface area contributed by atoms with Gasteiger partial charge in [-0.2, -0.15) is 10.2 Å². The molecular weight excluding hydrogens is 393 g/mol. The number of nitrogens with zero attached hydrogens (tertiary/aromatic N) is 3. The Morgan fingerprint density at radius 2 is 2.15 bits per heavy atom. The number of hydrazone groups is 1. The lowest BCUT2D eigenvalue weighted by Crippen LogP contribution is -2.40. The van der Waals surface area contributed by atoms with Crippen molar-refractivity contribution in [3.05, 3.63) is 51.3 Å². The second-order valence-electron chi connectivity index (χ2n) is 5.74. The van der Waals surface area contributed by atoms with Gasteiger partial charge in [0.25, 0.3) is 0 Å². The van der Waals surface area contributed by atoms with Crippen molar-refractivity contribution in [2.75, 3.05) is 13.7 Å². The molecule has 1 heterocycles. The van der Waals surface area contributed by atoms with Crippen LogP contribution in [0.15, 0.2) is 29.4 Å². The normalized spacial score (nSPS) is 12.3. The maximum absolute atomic E-state index is 6.45. The molecule has 1 atom stereocenters. The second kappa shape index (κ2) is 9.87. The van der Waals surface area contributed by atoms with Crippen molar-refractivity contribution >= 4 is 46.7 Å². The van der Waals surface area contributed by atoms with Crippen LogP contribution in [0.2, 0.25) is 10.2 Å². The van der Waals surface area contributed by atoms with Gasteiger partial charge in [-0.3, -0.25) is 5.43 Å². The average molecular weight is 414 g/mol. The summed E-state index contributed by atoms with van der Waals surface area (Å²) in [5.74, 6) is 0. The van der Waals surface area contributed by atoms with E-state index < -0.39 is 0 Å². The third-order valence-electron chi connectivity index (χ3n) is 3.54. The van der Waals surface area contributed by atoms with Crippen LogP contribution in [-0.4, -0.2) is 40.9 Å². The Labute approximate surface area is 168 Å². The third kappa shape index (κ3) is 5.67. The van der Waals surface area contributed by atoms with E-state index in [9.17, 15) is 0 Å². The van der Waals surface area contributed by atoms with E-state index in [2.05, 4.69) is 20.9 Å². The second-order valence-corrected chi connectivity index (χ2v) is 6.91. The molecule has 0 saturated carbocycles. The standard InChI is InChI=1S/C17H21Cl2N5OS/c1-11(10-25-3)21-17(26)22-20-8-14-12(2)23-24(16(14)19)9-13-6-4-5-7-15(13)18/h4-8,11H,9-10H2,1-3H3,(H2,21,22,26)/b20-8-/t11-/m0/s1. The first-order valence-electron chi connectivity index (χ1n) is 7.97. The van der Waals surface area contributed by atoms with Crippen LogP contribution >= 0.6 is 35.4 Å². The zero-order valence-electron chi connectivity index (χ0n) is 14.8. The number of rotatable bonds is 7. The number of thiocarbonyl (C=S) groups is 1. The number of methoxy groups -OCH3 is 1. The Morgan fingerprint density at radius 3 is 2.85 bits per heavy atom. The van der Waals surface area contributed by atoms with Crippen LogP contribution < -0.4 is 10.7 Å². The first kappa shape index (κ1) is 20.6. The molecule has 2 aromatic rings. The molecule has 0 fully saturated rings. The highest BCUT2D eigenvalue weighted by Crippen LogP contribution is 2.22. The predicted molar refractivity (Wildman–Crippen MR) is 110 cm³/mol. The Morgan fingerprint density at radius 1 is 1.42 bits per heavy atom. The predicted octanol–water partition coefficient (Wildman–Crippen LogP) is 3.38. The summed E-state index contributed by atoms with van der Waals surface area (Å²) >= 11 is 17.8. The van der Waals surface area contributed by atoms with E-state index in [1.165, 1.54) is 0 Å². The van der Waals surface area contributed by atoms with Crippen LogP contribution in [0.5, 0.6) is 0 Å². The van der Waals surface area contributed by atoms with Crippen LogP contribution in [0.3, 0.4) is 0 Å². The van der Waals surface area contributed by atoms with Gasteiger partial charge in [-0.15, -0.1) is 0 Å². The number of aryl methyl sites for hydroxylation is 1. The summed E-state index contributed by atoms with van der Waals surface area (Å²) < 4.78 is 6.73. The lowest BCUT2D eigenvalue weighted by Gasteiger charge is -2.13. The summed E-state index contributed by atoms with van der Waals surface area (Å²) in [4.78, 5) is 0. The lowest BCUT2D eigenvalue weighted by molar-refractivity contribution is 0.179. The molecule has 26 heavy (non-hydrogen) atoms. The molecule has 2 N–H and O–H groups in total. The summed E-state index contributed by atoms with van der Waals surface area (Å²) in [6.07, 6.45) is 1.60. The van der Waals surface area contributed by atoms with Crippen molar-refractivity contribution in [3.63, 3.8) is 0 Å². The molecule has 2 rings (SSSR count). The topological polar surface area (TPSA) is 63.5 Å². The quantitative estimate of drug-likeness (QED) is 0.413. The summed E-state index contributed by atoms with van der Waals surface area (Å²) in [5, 5.41) is 13.2. The lowest BCUT2D eigenvalue weighted by atomic mass is 10.2. The summed E-state index contributed by atoms with van der Waals surface area (Å²) in [6, 6.07) is 7.67. The van der Waals surface area contributed by atoms with Crippen LogP contribution in [0.4, 0.5) is 0 Å². The maximum Gasteiger partial charge on any atom is 0.187 e. The number of aromatic nitrogens is 2. The largest absolute Gasteiger partial charge is 0.383 e. The molecule has 1 aromatic heterocycles. The highest BCUT2D eigenvalue weighted by molar-refractivity contribution is 7.80. The molecule has 1 aromatic carbocycles. The van der Waals surface area contributed by atoms with Gasteiger partial charge in [0.1, 0.15) is 5.15 Å². The van der Waals surface area contributed by atoms with Gasteiger partial charge in [0, 0.05) is 18.2 Å². The van der Waals surface area contributed by atoms with Crippen LogP contribution in [0.1, 0.15) is 23.7 Å². The average Bonchev–Trinajstić information content (AvgIpc) is 2.84. The molecule has 0 unspecified atom stereocenters. The minimum absolute atomic E-state index is 0.0823. The highest BCUT2D eigenvalue weighted by Gasteiger charge is 2.13. The number of halogens is 2. The molecule has 0 aliphatic rings. The summed E-state index contributed by atoms with van der Waals surface area (Å²) in [7, 11) is 1.64.